The molecule has 17 heavy (non-hydrogen) atoms. The van der Waals surface area contributed by atoms with Gasteiger partial charge in [-0.3, -0.25) is 0 Å². The van der Waals surface area contributed by atoms with E-state index in [-0.39, 0.29) is 0 Å². The average Bonchev–Trinajstić information content (AvgIpc) is 2.29. The zero-order valence-electron chi connectivity index (χ0n) is 10.4. The fraction of sp³-hybridized carbons (Fsp3) is 0.538. The Hall–Kier alpha value is -0.610. The number of methoxy groups -OCH3 is 1. The minimum absolute atomic E-state index is 0.387. The number of ether oxygens (including phenoxy) is 1. The summed E-state index contributed by atoms with van der Waals surface area (Å²) in [6.45, 7) is 3.90. The van der Waals surface area contributed by atoms with Gasteiger partial charge in [0, 0.05) is 18.7 Å². The molecular formula is C13H20ClNO2. The Bertz CT molecular complexity index is 344. The molecule has 0 amide bonds. The molecule has 3 nitrogen and oxygen atoms in total. The maximum absolute atomic E-state index is 9.44. The second-order valence-electron chi connectivity index (χ2n) is 4.16. The van der Waals surface area contributed by atoms with Crippen LogP contribution in [0.15, 0.2) is 18.2 Å². The number of halogens is 1. The molecule has 1 unspecified atom stereocenters. The lowest BCUT2D eigenvalue weighted by Crippen LogP contribution is -2.23. The minimum Gasteiger partial charge on any atom is -0.391 e. The lowest BCUT2D eigenvalue weighted by molar-refractivity contribution is 0.0594. The van der Waals surface area contributed by atoms with Crippen LogP contribution < -0.4 is 5.32 Å². The van der Waals surface area contributed by atoms with Gasteiger partial charge in [-0.05, 0) is 37.1 Å². The van der Waals surface area contributed by atoms with E-state index in [1.807, 2.05) is 19.1 Å². The van der Waals surface area contributed by atoms with Crippen LogP contribution in [0.1, 0.15) is 17.5 Å². The van der Waals surface area contributed by atoms with Crippen LogP contribution in [0.3, 0.4) is 0 Å². The van der Waals surface area contributed by atoms with E-state index in [0.29, 0.717) is 13.0 Å². The average molecular weight is 258 g/mol. The quantitative estimate of drug-likeness (QED) is 0.736. The van der Waals surface area contributed by atoms with Crippen molar-refractivity contribution in [2.24, 2.45) is 0 Å². The van der Waals surface area contributed by atoms with Crippen LogP contribution in [0.4, 0.5) is 0 Å². The second kappa shape index (κ2) is 7.67. The summed E-state index contributed by atoms with van der Waals surface area (Å²) in [5.74, 6) is 0. The van der Waals surface area contributed by atoms with Crippen molar-refractivity contribution in [1.82, 2.24) is 5.32 Å². The molecule has 96 valence electrons. The van der Waals surface area contributed by atoms with E-state index in [2.05, 4.69) is 11.4 Å². The Morgan fingerprint density at radius 1 is 1.47 bits per heavy atom. The summed E-state index contributed by atoms with van der Waals surface area (Å²) in [5, 5.41) is 13.5. The maximum Gasteiger partial charge on any atom is 0.0785 e. The molecule has 0 bridgehead atoms. The Morgan fingerprint density at radius 3 is 2.88 bits per heavy atom. The largest absolute Gasteiger partial charge is 0.391 e. The predicted molar refractivity (Wildman–Crippen MR) is 70.4 cm³/mol. The van der Waals surface area contributed by atoms with Crippen molar-refractivity contribution in [2.45, 2.75) is 26.0 Å². The minimum atomic E-state index is -0.394. The number of aliphatic hydroxyl groups excluding tert-OH is 1. The summed E-state index contributed by atoms with van der Waals surface area (Å²) in [6.07, 6.45) is 0.294. The molecule has 0 saturated carbocycles. The van der Waals surface area contributed by atoms with Gasteiger partial charge in [0.2, 0.25) is 0 Å². The lowest BCUT2D eigenvalue weighted by Gasteiger charge is -2.10. The van der Waals surface area contributed by atoms with Crippen LogP contribution in [0.2, 0.25) is 5.02 Å². The first-order chi connectivity index (χ1) is 8.13. The van der Waals surface area contributed by atoms with Gasteiger partial charge in [0.05, 0.1) is 12.7 Å². The van der Waals surface area contributed by atoms with Gasteiger partial charge < -0.3 is 15.2 Å². The van der Waals surface area contributed by atoms with Gasteiger partial charge >= 0.3 is 0 Å². The molecule has 4 heteroatoms. The van der Waals surface area contributed by atoms with E-state index in [1.165, 1.54) is 0 Å². The van der Waals surface area contributed by atoms with Crippen LogP contribution in [0.25, 0.3) is 0 Å². The van der Waals surface area contributed by atoms with Crippen LogP contribution in [-0.4, -0.2) is 31.5 Å². The Morgan fingerprint density at radius 2 is 2.24 bits per heavy atom. The number of hydrogen-bond acceptors (Lipinski definition) is 3. The Kier molecular flexibility index (Phi) is 6.52. The number of aryl methyl sites for hydroxylation is 1. The summed E-state index contributed by atoms with van der Waals surface area (Å²) in [7, 11) is 1.59. The molecule has 1 rings (SSSR count). The summed E-state index contributed by atoms with van der Waals surface area (Å²) >= 11 is 6.03. The standard InChI is InChI=1S/C13H20ClNO2/c1-10-3-4-11(7-13(10)14)8-15-6-5-12(16)9-17-2/h3-4,7,12,15-16H,5-6,8-9H2,1-2H3. The highest BCUT2D eigenvalue weighted by atomic mass is 35.5. The molecular weight excluding hydrogens is 238 g/mol. The van der Waals surface area contributed by atoms with E-state index in [1.54, 1.807) is 7.11 Å². The van der Waals surface area contributed by atoms with Gasteiger partial charge in [-0.2, -0.15) is 0 Å². The molecule has 0 spiro atoms. The number of hydrogen-bond donors (Lipinski definition) is 2. The van der Waals surface area contributed by atoms with Crippen molar-refractivity contribution < 1.29 is 9.84 Å². The molecule has 0 aliphatic carbocycles. The third-order valence-electron chi connectivity index (χ3n) is 2.58. The van der Waals surface area contributed by atoms with Gasteiger partial charge in [-0.25, -0.2) is 0 Å². The predicted octanol–water partition coefficient (Wildman–Crippen LogP) is 2.14. The van der Waals surface area contributed by atoms with Crippen molar-refractivity contribution in [2.75, 3.05) is 20.3 Å². The lowest BCUT2D eigenvalue weighted by atomic mass is 10.1. The van der Waals surface area contributed by atoms with Crippen molar-refractivity contribution in [1.29, 1.82) is 0 Å². The molecule has 0 heterocycles. The van der Waals surface area contributed by atoms with Gasteiger partial charge in [0.1, 0.15) is 0 Å². The molecule has 2 N–H and O–H groups in total. The van der Waals surface area contributed by atoms with Crippen LogP contribution in [-0.2, 0) is 11.3 Å². The number of rotatable bonds is 7. The molecule has 0 fully saturated rings. The molecule has 0 aliphatic heterocycles. The van der Waals surface area contributed by atoms with Crippen molar-refractivity contribution in [3.8, 4) is 0 Å². The van der Waals surface area contributed by atoms with Gasteiger partial charge in [-0.15, -0.1) is 0 Å². The first-order valence-corrected chi connectivity index (χ1v) is 6.14. The Labute approximate surface area is 108 Å². The van der Waals surface area contributed by atoms with Crippen molar-refractivity contribution >= 4 is 11.6 Å². The van der Waals surface area contributed by atoms with E-state index in [9.17, 15) is 5.11 Å². The zero-order valence-corrected chi connectivity index (χ0v) is 11.1. The van der Waals surface area contributed by atoms with Crippen LogP contribution in [0.5, 0.6) is 0 Å². The fourth-order valence-electron chi connectivity index (χ4n) is 1.52. The van der Waals surface area contributed by atoms with E-state index in [4.69, 9.17) is 16.3 Å². The summed E-state index contributed by atoms with van der Waals surface area (Å²) < 4.78 is 4.85. The summed E-state index contributed by atoms with van der Waals surface area (Å²) in [6, 6.07) is 6.04. The molecule has 0 aliphatic rings. The van der Waals surface area contributed by atoms with Gasteiger partial charge in [0.15, 0.2) is 0 Å². The van der Waals surface area contributed by atoms with Crippen molar-refractivity contribution in [3.63, 3.8) is 0 Å². The van der Waals surface area contributed by atoms with Gasteiger partial charge in [-0.1, -0.05) is 23.7 Å². The first-order valence-electron chi connectivity index (χ1n) is 5.76. The molecule has 1 atom stereocenters. The van der Waals surface area contributed by atoms with Gasteiger partial charge in [0.25, 0.3) is 0 Å². The fourth-order valence-corrected chi connectivity index (χ4v) is 1.73. The maximum atomic E-state index is 9.44. The highest BCUT2D eigenvalue weighted by molar-refractivity contribution is 6.31. The summed E-state index contributed by atoms with van der Waals surface area (Å²) in [4.78, 5) is 0. The van der Waals surface area contributed by atoms with E-state index >= 15 is 0 Å². The molecule has 0 saturated heterocycles. The van der Waals surface area contributed by atoms with E-state index < -0.39 is 6.10 Å². The number of nitrogens with one attached hydrogen (secondary N) is 1. The molecule has 0 radical (unpaired) electrons. The smallest absolute Gasteiger partial charge is 0.0785 e. The first kappa shape index (κ1) is 14.5. The topological polar surface area (TPSA) is 41.5 Å². The zero-order chi connectivity index (χ0) is 12.7. The third kappa shape index (κ3) is 5.50. The van der Waals surface area contributed by atoms with Crippen LogP contribution in [0, 0.1) is 6.92 Å². The second-order valence-corrected chi connectivity index (χ2v) is 4.57. The number of aliphatic hydroxyl groups is 1. The SMILES string of the molecule is COCC(O)CCNCc1ccc(C)c(Cl)c1. The normalized spacial score (nSPS) is 12.7. The molecule has 0 aromatic heterocycles. The van der Waals surface area contributed by atoms with Crippen LogP contribution >= 0.6 is 11.6 Å². The molecule has 1 aromatic carbocycles. The highest BCUT2D eigenvalue weighted by Gasteiger charge is 2.02. The van der Waals surface area contributed by atoms with Crippen molar-refractivity contribution in [3.05, 3.63) is 34.3 Å². The highest BCUT2D eigenvalue weighted by Crippen LogP contribution is 2.16. The monoisotopic (exact) mass is 257 g/mol. The Balaban J connectivity index is 2.24. The third-order valence-corrected chi connectivity index (χ3v) is 2.99. The summed E-state index contributed by atoms with van der Waals surface area (Å²) in [5.41, 5.74) is 2.24. The number of benzene rings is 1. The molecule has 1 aromatic rings. The van der Waals surface area contributed by atoms with E-state index in [0.717, 1.165) is 29.2 Å².